The van der Waals surface area contributed by atoms with E-state index in [2.05, 4.69) is 4.72 Å². The maximum Gasteiger partial charge on any atom is 0.335 e. The fourth-order valence-corrected chi connectivity index (χ4v) is 2.52. The number of carbonyl (C=O) groups is 1. The lowest BCUT2D eigenvalue weighted by molar-refractivity contribution is 0.0696. The Morgan fingerprint density at radius 3 is 2.68 bits per heavy atom. The largest absolute Gasteiger partial charge is 0.478 e. The van der Waals surface area contributed by atoms with Crippen molar-refractivity contribution in [1.29, 1.82) is 5.26 Å². The van der Waals surface area contributed by atoms with Crippen LogP contribution in [0.3, 0.4) is 0 Å². The van der Waals surface area contributed by atoms with Crippen molar-refractivity contribution in [2.24, 2.45) is 5.92 Å². The monoisotopic (exact) mass is 282 g/mol. The molecule has 0 aliphatic carbocycles. The number of hydrogen-bond acceptors (Lipinski definition) is 4. The van der Waals surface area contributed by atoms with Crippen molar-refractivity contribution in [1.82, 2.24) is 4.72 Å². The molecule has 7 heteroatoms. The Morgan fingerprint density at radius 1 is 1.53 bits per heavy atom. The molecular formula is C12H14N2O4S. The molecule has 1 aromatic rings. The van der Waals surface area contributed by atoms with E-state index in [-0.39, 0.29) is 17.0 Å². The lowest BCUT2D eigenvalue weighted by Crippen LogP contribution is -2.28. The van der Waals surface area contributed by atoms with Gasteiger partial charge < -0.3 is 5.11 Å². The molecule has 0 spiro atoms. The first-order valence-electron chi connectivity index (χ1n) is 5.51. The van der Waals surface area contributed by atoms with E-state index in [9.17, 15) is 13.2 Å². The van der Waals surface area contributed by atoms with Crippen LogP contribution in [0.15, 0.2) is 23.1 Å². The zero-order chi connectivity index (χ0) is 14.6. The van der Waals surface area contributed by atoms with Crippen LogP contribution >= 0.6 is 0 Å². The van der Waals surface area contributed by atoms with Gasteiger partial charge in [-0.1, -0.05) is 6.07 Å². The van der Waals surface area contributed by atoms with Gasteiger partial charge in [0.05, 0.1) is 22.4 Å². The maximum absolute atomic E-state index is 11.9. The minimum atomic E-state index is -3.80. The third-order valence-electron chi connectivity index (χ3n) is 2.55. The Kier molecular flexibility index (Phi) is 4.64. The van der Waals surface area contributed by atoms with Crippen molar-refractivity contribution < 1.29 is 18.3 Å². The Bertz CT molecular complexity index is 632. The normalized spacial score (nSPS) is 12.7. The lowest BCUT2D eigenvalue weighted by atomic mass is 10.1. The van der Waals surface area contributed by atoms with Gasteiger partial charge in [0.25, 0.3) is 0 Å². The van der Waals surface area contributed by atoms with Crippen molar-refractivity contribution >= 4 is 16.0 Å². The molecule has 1 rings (SSSR count). The number of carboxylic acids is 1. The average Bonchev–Trinajstić information content (AvgIpc) is 2.35. The summed E-state index contributed by atoms with van der Waals surface area (Å²) in [5.74, 6) is -1.64. The van der Waals surface area contributed by atoms with Crippen LogP contribution in [0.2, 0.25) is 0 Å². The van der Waals surface area contributed by atoms with E-state index in [1.54, 1.807) is 13.8 Å². The van der Waals surface area contributed by atoms with Gasteiger partial charge in [0.2, 0.25) is 10.0 Å². The number of rotatable bonds is 5. The lowest BCUT2D eigenvalue weighted by Gasteiger charge is -2.09. The van der Waals surface area contributed by atoms with Gasteiger partial charge in [0, 0.05) is 6.54 Å². The van der Waals surface area contributed by atoms with Crippen molar-refractivity contribution in [2.45, 2.75) is 18.7 Å². The number of benzene rings is 1. The summed E-state index contributed by atoms with van der Waals surface area (Å²) < 4.78 is 26.1. The summed E-state index contributed by atoms with van der Waals surface area (Å²) in [5.41, 5.74) is 0.424. The number of nitriles is 1. The SMILES string of the molecule is Cc1ccc(S(=O)(=O)NCC(C)C#N)cc1C(=O)O. The van der Waals surface area contributed by atoms with E-state index in [1.165, 1.54) is 12.1 Å². The van der Waals surface area contributed by atoms with E-state index in [4.69, 9.17) is 10.4 Å². The molecule has 0 saturated heterocycles. The number of nitrogens with zero attached hydrogens (tertiary/aromatic N) is 1. The van der Waals surface area contributed by atoms with Gasteiger partial charge in [0.1, 0.15) is 0 Å². The van der Waals surface area contributed by atoms with Crippen molar-refractivity contribution in [3.8, 4) is 6.07 Å². The third kappa shape index (κ3) is 3.77. The first kappa shape index (κ1) is 15.1. The highest BCUT2D eigenvalue weighted by Crippen LogP contribution is 2.15. The molecule has 1 atom stereocenters. The highest BCUT2D eigenvalue weighted by Gasteiger charge is 2.18. The van der Waals surface area contributed by atoms with Crippen LogP contribution in [0.1, 0.15) is 22.8 Å². The Hall–Kier alpha value is -1.91. The Balaban J connectivity index is 3.06. The molecule has 6 nitrogen and oxygen atoms in total. The molecule has 1 aromatic carbocycles. The summed E-state index contributed by atoms with van der Waals surface area (Å²) in [5, 5.41) is 17.5. The van der Waals surface area contributed by atoms with Crippen LogP contribution in [-0.2, 0) is 10.0 Å². The highest BCUT2D eigenvalue weighted by atomic mass is 32.2. The number of aromatic carboxylic acids is 1. The molecule has 1 unspecified atom stereocenters. The fourth-order valence-electron chi connectivity index (χ4n) is 1.36. The van der Waals surface area contributed by atoms with Crippen LogP contribution in [0.25, 0.3) is 0 Å². The van der Waals surface area contributed by atoms with Crippen LogP contribution in [0, 0.1) is 24.2 Å². The van der Waals surface area contributed by atoms with E-state index in [0.29, 0.717) is 5.56 Å². The number of nitrogens with one attached hydrogen (secondary N) is 1. The summed E-state index contributed by atoms with van der Waals surface area (Å²) in [6.45, 7) is 3.15. The van der Waals surface area contributed by atoms with Crippen LogP contribution < -0.4 is 4.72 Å². The molecule has 0 saturated carbocycles. The second-order valence-corrected chi connectivity index (χ2v) is 5.93. The van der Waals surface area contributed by atoms with Crippen LogP contribution in [0.5, 0.6) is 0 Å². The molecular weight excluding hydrogens is 268 g/mol. The molecule has 19 heavy (non-hydrogen) atoms. The van der Waals surface area contributed by atoms with Crippen molar-refractivity contribution in [3.05, 3.63) is 29.3 Å². The van der Waals surface area contributed by atoms with Gasteiger partial charge in [-0.3, -0.25) is 0 Å². The molecule has 102 valence electrons. The second-order valence-electron chi connectivity index (χ2n) is 4.16. The summed E-state index contributed by atoms with van der Waals surface area (Å²) in [7, 11) is -3.80. The molecule has 0 fully saturated rings. The van der Waals surface area contributed by atoms with Crippen LogP contribution in [-0.4, -0.2) is 26.0 Å². The van der Waals surface area contributed by atoms with Crippen LogP contribution in [0.4, 0.5) is 0 Å². The quantitative estimate of drug-likeness (QED) is 0.841. The first-order valence-corrected chi connectivity index (χ1v) is 6.99. The summed E-state index contributed by atoms with van der Waals surface area (Å²) in [6, 6.07) is 5.79. The number of sulfonamides is 1. The standard InChI is InChI=1S/C12H14N2O4S/c1-8(6-13)7-14-19(17,18)10-4-3-9(2)11(5-10)12(15)16/h3-5,8,14H,7H2,1-2H3,(H,15,16). The summed E-state index contributed by atoms with van der Waals surface area (Å²) >= 11 is 0. The molecule has 2 N–H and O–H groups in total. The predicted molar refractivity (Wildman–Crippen MR) is 68.1 cm³/mol. The van der Waals surface area contributed by atoms with Gasteiger partial charge >= 0.3 is 5.97 Å². The minimum absolute atomic E-state index is 0.0187. The van der Waals surface area contributed by atoms with Gasteiger partial charge in [-0.2, -0.15) is 5.26 Å². The van der Waals surface area contributed by atoms with Crippen molar-refractivity contribution in [2.75, 3.05) is 6.54 Å². The molecule has 0 aliphatic rings. The topological polar surface area (TPSA) is 107 Å². The Labute approximate surface area is 111 Å². The van der Waals surface area contributed by atoms with E-state index < -0.39 is 21.9 Å². The zero-order valence-electron chi connectivity index (χ0n) is 10.5. The zero-order valence-corrected chi connectivity index (χ0v) is 11.4. The van der Waals surface area contributed by atoms with Gasteiger partial charge in [-0.25, -0.2) is 17.9 Å². The third-order valence-corrected chi connectivity index (χ3v) is 3.97. The number of aryl methyl sites for hydroxylation is 1. The van der Waals surface area contributed by atoms with Gasteiger partial charge in [-0.05, 0) is 31.5 Å². The van der Waals surface area contributed by atoms with Gasteiger partial charge in [-0.15, -0.1) is 0 Å². The average molecular weight is 282 g/mol. The van der Waals surface area contributed by atoms with Crippen molar-refractivity contribution in [3.63, 3.8) is 0 Å². The smallest absolute Gasteiger partial charge is 0.335 e. The number of hydrogen-bond donors (Lipinski definition) is 2. The molecule has 0 radical (unpaired) electrons. The predicted octanol–water partition coefficient (Wildman–Crippen LogP) is 1.13. The Morgan fingerprint density at radius 2 is 2.16 bits per heavy atom. The summed E-state index contributed by atoms with van der Waals surface area (Å²) in [4.78, 5) is 10.8. The molecule has 0 bridgehead atoms. The molecule has 0 heterocycles. The second kappa shape index (κ2) is 5.82. The van der Waals surface area contributed by atoms with E-state index in [0.717, 1.165) is 6.07 Å². The minimum Gasteiger partial charge on any atom is -0.478 e. The maximum atomic E-state index is 11.9. The number of carboxylic acid groups (broad SMARTS) is 1. The fraction of sp³-hybridized carbons (Fsp3) is 0.333. The molecule has 0 aliphatic heterocycles. The van der Waals surface area contributed by atoms with E-state index >= 15 is 0 Å². The molecule has 0 amide bonds. The van der Waals surface area contributed by atoms with Gasteiger partial charge in [0.15, 0.2) is 0 Å². The highest BCUT2D eigenvalue weighted by molar-refractivity contribution is 7.89. The molecule has 0 aromatic heterocycles. The van der Waals surface area contributed by atoms with E-state index in [1.807, 2.05) is 6.07 Å². The summed E-state index contributed by atoms with van der Waals surface area (Å²) in [6.07, 6.45) is 0. The first-order chi connectivity index (χ1) is 8.77.